The lowest BCUT2D eigenvalue weighted by Crippen LogP contribution is -2.55. The van der Waals surface area contributed by atoms with Gasteiger partial charge in [-0.05, 0) is 90.5 Å². The van der Waals surface area contributed by atoms with Crippen LogP contribution in [0.3, 0.4) is 0 Å². The van der Waals surface area contributed by atoms with Crippen molar-refractivity contribution in [3.8, 4) is 22.5 Å². The molecule has 2 unspecified atom stereocenters. The lowest BCUT2D eigenvalue weighted by molar-refractivity contribution is -0.719. The van der Waals surface area contributed by atoms with Crippen LogP contribution in [-0.2, 0) is 19.3 Å². The second kappa shape index (κ2) is 13.7. The van der Waals surface area contributed by atoms with E-state index in [2.05, 4.69) is 149 Å². The number of furan rings is 1. The van der Waals surface area contributed by atoms with E-state index in [9.17, 15) is 0 Å². The zero-order valence-electron chi connectivity index (χ0n) is 35.1. The third-order valence-electron chi connectivity index (χ3n) is 13.0. The van der Waals surface area contributed by atoms with E-state index in [0.717, 1.165) is 59.9 Å². The molecule has 4 aromatic heterocycles. The highest BCUT2D eigenvalue weighted by Crippen LogP contribution is 2.46. The van der Waals surface area contributed by atoms with Crippen molar-refractivity contribution in [3.05, 3.63) is 114 Å². The van der Waals surface area contributed by atoms with Crippen molar-refractivity contribution in [3.63, 3.8) is 0 Å². The molecule has 0 fully saturated rings. The quantitative estimate of drug-likeness (QED) is 0.126. The normalized spacial score (nSPS) is 17.4. The van der Waals surface area contributed by atoms with Crippen molar-refractivity contribution in [2.75, 3.05) is 0 Å². The van der Waals surface area contributed by atoms with Gasteiger partial charge in [0, 0.05) is 51.3 Å². The Labute approximate surface area is 330 Å². The minimum Gasteiger partial charge on any atom is -0.437 e. The molecule has 5 heteroatoms. The Morgan fingerprint density at radius 2 is 1.64 bits per heavy atom. The zero-order chi connectivity index (χ0) is 39.0. The van der Waals surface area contributed by atoms with Gasteiger partial charge in [-0.2, -0.15) is 9.13 Å². The fourth-order valence-electron chi connectivity index (χ4n) is 9.65. The van der Waals surface area contributed by atoms with E-state index in [1.165, 1.54) is 52.0 Å². The monoisotopic (exact) mass is 747 g/mol. The average Bonchev–Trinajstić information content (AvgIpc) is 3.50. The molecule has 6 aromatic rings. The van der Waals surface area contributed by atoms with E-state index in [4.69, 9.17) is 16.0 Å². The van der Waals surface area contributed by atoms with Gasteiger partial charge in [0.25, 0.3) is 0 Å². The second-order valence-corrected chi connectivity index (χ2v) is 24.5. The van der Waals surface area contributed by atoms with Gasteiger partial charge in [0.15, 0.2) is 29.7 Å². The fourth-order valence-corrected chi connectivity index (χ4v) is 11.3. The molecule has 0 saturated carbocycles. The van der Waals surface area contributed by atoms with Crippen molar-refractivity contribution >= 4 is 41.0 Å². The summed E-state index contributed by atoms with van der Waals surface area (Å²) in [6, 6.07) is 25.8. The van der Waals surface area contributed by atoms with Crippen LogP contribution in [0.4, 0.5) is 0 Å². The average molecular weight is 748 g/mol. The fraction of sp³-hybridized carbons (Fsp3) is 0.420. The van der Waals surface area contributed by atoms with Gasteiger partial charge in [-0.1, -0.05) is 104 Å². The standard InChI is InChI=1S/C50H61N3OSi/c1-12-50(8,13-2)30-36-28-43-38-17-15-14-16-37(38)39-22-19-35-20-23-40-41-21-18-32(3)51-48(41)54-47(40)46(35)44-27-34(29-49(5,6)7)24-25-52(44)33(4)26-42(39)53(43)31-45(36)55(9,10)11/h14-18,20-21,23-25,27-28,31,39,42H,4,12-13,19,22,26,29-30H2,1-3,5-11H3/q+2. The van der Waals surface area contributed by atoms with Crippen LogP contribution in [0, 0.1) is 17.8 Å². The van der Waals surface area contributed by atoms with Gasteiger partial charge in [0.1, 0.15) is 0 Å². The number of allylic oxidation sites excluding steroid dienone is 1. The number of rotatable bonds is 6. The van der Waals surface area contributed by atoms with E-state index < -0.39 is 8.07 Å². The Bertz CT molecular complexity index is 2470. The lowest BCUT2D eigenvalue weighted by atomic mass is 9.76. The van der Waals surface area contributed by atoms with Crippen molar-refractivity contribution < 1.29 is 13.6 Å². The van der Waals surface area contributed by atoms with Crippen LogP contribution in [0.15, 0.2) is 90.1 Å². The van der Waals surface area contributed by atoms with Crippen LogP contribution < -0.4 is 14.3 Å². The molecule has 284 valence electrons. The van der Waals surface area contributed by atoms with Crippen LogP contribution in [0.5, 0.6) is 0 Å². The number of aryl methyl sites for hydroxylation is 2. The Morgan fingerprint density at radius 3 is 2.36 bits per heavy atom. The molecule has 0 bridgehead atoms. The van der Waals surface area contributed by atoms with Gasteiger partial charge >= 0.3 is 0 Å². The predicted octanol–water partition coefficient (Wildman–Crippen LogP) is 11.8. The van der Waals surface area contributed by atoms with E-state index in [1.54, 1.807) is 10.8 Å². The van der Waals surface area contributed by atoms with Gasteiger partial charge in [-0.3, -0.25) is 0 Å². The molecule has 55 heavy (non-hydrogen) atoms. The lowest BCUT2D eigenvalue weighted by Gasteiger charge is -2.34. The van der Waals surface area contributed by atoms with Crippen molar-refractivity contribution in [2.45, 2.75) is 125 Å². The smallest absolute Gasteiger partial charge is 0.227 e. The Kier molecular flexibility index (Phi) is 9.35. The molecule has 8 rings (SSSR count). The highest BCUT2D eigenvalue weighted by molar-refractivity contribution is 6.89. The van der Waals surface area contributed by atoms with Crippen molar-refractivity contribution in [1.29, 1.82) is 0 Å². The van der Waals surface area contributed by atoms with Gasteiger partial charge in [0.05, 0.1) is 20.1 Å². The molecule has 0 amide bonds. The van der Waals surface area contributed by atoms with Crippen LogP contribution in [0.1, 0.15) is 107 Å². The number of hydrogen-bond acceptors (Lipinski definition) is 2. The number of fused-ring (bicyclic) bond motifs is 13. The van der Waals surface area contributed by atoms with Gasteiger partial charge in [-0.25, -0.2) is 4.98 Å². The summed E-state index contributed by atoms with van der Waals surface area (Å²) in [6.07, 6.45) is 12.2. The van der Waals surface area contributed by atoms with E-state index in [1.807, 2.05) is 6.92 Å². The van der Waals surface area contributed by atoms with Crippen LogP contribution >= 0.6 is 0 Å². The molecule has 2 aliphatic rings. The largest absolute Gasteiger partial charge is 0.437 e. The SMILES string of the molecule is C=C1CC2C(CCc3ccc4c(oc5nc(C)ccc54)c3-c3cc(CC(C)(C)C)cc[n+]31)c1ccccc1-c1cc(CC(C)(CC)CC)c([Si](C)(C)C)c[n+]12. The summed E-state index contributed by atoms with van der Waals surface area (Å²) >= 11 is 0. The highest BCUT2D eigenvalue weighted by atomic mass is 28.3. The molecule has 0 spiro atoms. The Morgan fingerprint density at radius 1 is 0.891 bits per heavy atom. The first-order valence-electron chi connectivity index (χ1n) is 20.8. The van der Waals surface area contributed by atoms with Crippen LogP contribution in [0.2, 0.25) is 19.6 Å². The van der Waals surface area contributed by atoms with Gasteiger partial charge in [-0.15, -0.1) is 0 Å². The van der Waals surface area contributed by atoms with E-state index in [0.29, 0.717) is 11.6 Å². The van der Waals surface area contributed by atoms with Crippen molar-refractivity contribution in [2.24, 2.45) is 10.8 Å². The summed E-state index contributed by atoms with van der Waals surface area (Å²) in [5.41, 5.74) is 14.9. The Hall–Kier alpha value is -4.35. The number of hydrogen-bond donors (Lipinski definition) is 0. The molecule has 6 heterocycles. The summed E-state index contributed by atoms with van der Waals surface area (Å²) in [5.74, 6) is 0.327. The number of benzene rings is 2. The maximum Gasteiger partial charge on any atom is 0.227 e. The van der Waals surface area contributed by atoms with Gasteiger partial charge in [0.2, 0.25) is 17.1 Å². The summed E-state index contributed by atoms with van der Waals surface area (Å²) in [4.78, 5) is 4.84. The summed E-state index contributed by atoms with van der Waals surface area (Å²) < 4.78 is 11.9. The number of pyridine rings is 3. The van der Waals surface area contributed by atoms with Crippen LogP contribution in [0.25, 0.3) is 50.3 Å². The van der Waals surface area contributed by atoms with E-state index in [-0.39, 0.29) is 16.9 Å². The number of nitrogens with zero attached hydrogens (tertiary/aromatic N) is 3. The molecule has 2 aliphatic heterocycles. The molecule has 0 saturated heterocycles. The second-order valence-electron chi connectivity index (χ2n) is 19.4. The highest BCUT2D eigenvalue weighted by Gasteiger charge is 2.44. The number of aromatic nitrogens is 3. The third-order valence-corrected chi connectivity index (χ3v) is 15.1. The topological polar surface area (TPSA) is 33.8 Å². The predicted molar refractivity (Wildman–Crippen MR) is 233 cm³/mol. The first-order chi connectivity index (χ1) is 26.1. The maximum atomic E-state index is 6.79. The third kappa shape index (κ3) is 6.81. The molecule has 0 radical (unpaired) electrons. The maximum absolute atomic E-state index is 6.79. The molecule has 2 atom stereocenters. The Balaban J connectivity index is 1.36. The minimum atomic E-state index is -1.71. The summed E-state index contributed by atoms with van der Waals surface area (Å²) in [5, 5.41) is 3.80. The minimum absolute atomic E-state index is 0.156. The molecule has 4 nitrogen and oxygen atoms in total. The van der Waals surface area contributed by atoms with E-state index >= 15 is 0 Å². The molecule has 0 N–H and O–H groups in total. The zero-order valence-corrected chi connectivity index (χ0v) is 36.1. The van der Waals surface area contributed by atoms with Crippen LogP contribution in [-0.4, -0.2) is 13.1 Å². The van der Waals surface area contributed by atoms with Gasteiger partial charge < -0.3 is 4.42 Å². The summed E-state index contributed by atoms with van der Waals surface area (Å²) in [7, 11) is -1.71. The molecule has 0 aliphatic carbocycles. The molecular formula is C50H61N3OSi+2. The van der Waals surface area contributed by atoms with Crippen molar-refractivity contribution in [1.82, 2.24) is 4.98 Å². The first-order valence-corrected chi connectivity index (χ1v) is 24.3. The first kappa shape index (κ1) is 37.6. The molecular weight excluding hydrogens is 687 g/mol. The summed E-state index contributed by atoms with van der Waals surface area (Å²) in [6.45, 7) is 28.8. The molecule has 2 aromatic carbocycles.